The molecule has 0 heterocycles. The van der Waals surface area contributed by atoms with Crippen LogP contribution in [-0.4, -0.2) is 8.07 Å². The molecule has 0 radical (unpaired) electrons. The highest BCUT2D eigenvalue weighted by Crippen LogP contribution is 2.38. The molecule has 0 aromatic heterocycles. The summed E-state index contributed by atoms with van der Waals surface area (Å²) in [6.45, 7) is 0. The zero-order valence-electron chi connectivity index (χ0n) is 34.4. The van der Waals surface area contributed by atoms with Gasteiger partial charge in [0.05, 0.1) is 0 Å². The van der Waals surface area contributed by atoms with E-state index in [-0.39, 0.29) is 0 Å². The fourth-order valence-corrected chi connectivity index (χ4v) is 13.8. The van der Waals surface area contributed by atoms with Gasteiger partial charge < -0.3 is 4.90 Å². The highest BCUT2D eigenvalue weighted by Gasteiger charge is 2.41. The molecule has 0 aliphatic heterocycles. The second kappa shape index (κ2) is 17.4. The summed E-state index contributed by atoms with van der Waals surface area (Å²) in [7, 11) is -2.67. The van der Waals surface area contributed by atoms with Gasteiger partial charge in [0, 0.05) is 17.1 Å². The van der Waals surface area contributed by atoms with Gasteiger partial charge in [-0.05, 0) is 102 Å². The molecule has 0 amide bonds. The molecule has 10 rings (SSSR count). The second-order valence-corrected chi connectivity index (χ2v) is 19.5. The van der Waals surface area contributed by atoms with Crippen molar-refractivity contribution < 1.29 is 0 Å². The SMILES string of the molecule is c1ccc(-c2ccc(-c3ccc(N(c4ccc(-c5ccccc5)cc4)c4ccc(-c5cccc([Si](c6ccccc6)(c6ccccc6)c6ccccc6)c5)cc4)cc3)cc2)cc1. The molecule has 1 nitrogen and oxygen atoms in total. The van der Waals surface area contributed by atoms with Crippen molar-refractivity contribution in [2.24, 2.45) is 0 Å². The molecular weight excluding hydrogens is 763 g/mol. The first-order valence-electron chi connectivity index (χ1n) is 21.3. The molecule has 0 fully saturated rings. The normalized spacial score (nSPS) is 11.2. The molecule has 0 saturated carbocycles. The molecule has 0 saturated heterocycles. The summed E-state index contributed by atoms with van der Waals surface area (Å²) in [6, 6.07) is 99.6. The van der Waals surface area contributed by atoms with Gasteiger partial charge in [-0.25, -0.2) is 0 Å². The van der Waals surface area contributed by atoms with Crippen molar-refractivity contribution >= 4 is 45.9 Å². The van der Waals surface area contributed by atoms with Gasteiger partial charge in [-0.3, -0.25) is 0 Å². The van der Waals surface area contributed by atoms with E-state index >= 15 is 0 Å². The first-order chi connectivity index (χ1) is 30.7. The zero-order chi connectivity index (χ0) is 41.6. The lowest BCUT2D eigenvalue weighted by atomic mass is 10.00. The van der Waals surface area contributed by atoms with Crippen LogP contribution in [0.2, 0.25) is 0 Å². The third-order valence-electron chi connectivity index (χ3n) is 12.1. The Morgan fingerprint density at radius 3 is 0.774 bits per heavy atom. The van der Waals surface area contributed by atoms with E-state index in [9.17, 15) is 0 Å². The molecule has 0 N–H and O–H groups in total. The molecule has 0 atom stereocenters. The van der Waals surface area contributed by atoms with Crippen LogP contribution in [0.1, 0.15) is 0 Å². The van der Waals surface area contributed by atoms with Gasteiger partial charge in [-0.1, -0.05) is 237 Å². The van der Waals surface area contributed by atoms with Gasteiger partial charge in [0.1, 0.15) is 0 Å². The molecule has 0 aliphatic carbocycles. The maximum atomic E-state index is 2.44. The van der Waals surface area contributed by atoms with Crippen molar-refractivity contribution in [1.82, 2.24) is 0 Å². The molecule has 2 heteroatoms. The van der Waals surface area contributed by atoms with Crippen molar-refractivity contribution in [3.8, 4) is 44.5 Å². The van der Waals surface area contributed by atoms with Crippen LogP contribution in [0.4, 0.5) is 17.1 Å². The van der Waals surface area contributed by atoms with E-state index in [1.54, 1.807) is 0 Å². The van der Waals surface area contributed by atoms with Gasteiger partial charge in [0.15, 0.2) is 8.07 Å². The van der Waals surface area contributed by atoms with E-state index in [1.807, 2.05) is 0 Å². The molecular formula is C60H45NSi. The molecule has 10 aromatic carbocycles. The summed E-state index contributed by atoms with van der Waals surface area (Å²) >= 11 is 0. The summed E-state index contributed by atoms with van der Waals surface area (Å²) in [6.07, 6.45) is 0. The summed E-state index contributed by atoms with van der Waals surface area (Å²) in [4.78, 5) is 2.36. The minimum atomic E-state index is -2.67. The second-order valence-electron chi connectivity index (χ2n) is 15.7. The maximum absolute atomic E-state index is 2.67. The fourth-order valence-electron chi connectivity index (χ4n) is 8.97. The molecule has 294 valence electrons. The first kappa shape index (κ1) is 38.4. The van der Waals surface area contributed by atoms with Crippen LogP contribution in [0.5, 0.6) is 0 Å². The topological polar surface area (TPSA) is 3.24 Å². The lowest BCUT2D eigenvalue weighted by Gasteiger charge is -2.34. The molecule has 0 aliphatic rings. The van der Waals surface area contributed by atoms with Gasteiger partial charge in [0.2, 0.25) is 0 Å². The summed E-state index contributed by atoms with van der Waals surface area (Å²) in [5.41, 5.74) is 12.9. The van der Waals surface area contributed by atoms with Crippen LogP contribution in [0.25, 0.3) is 44.5 Å². The zero-order valence-corrected chi connectivity index (χ0v) is 35.4. The minimum Gasteiger partial charge on any atom is -0.311 e. The summed E-state index contributed by atoms with van der Waals surface area (Å²) in [5.74, 6) is 0. The Bertz CT molecular complexity index is 2890. The van der Waals surface area contributed by atoms with E-state index < -0.39 is 8.07 Å². The number of hydrogen-bond acceptors (Lipinski definition) is 1. The molecule has 62 heavy (non-hydrogen) atoms. The van der Waals surface area contributed by atoms with E-state index in [4.69, 9.17) is 0 Å². The number of nitrogens with zero attached hydrogens (tertiary/aromatic N) is 1. The average Bonchev–Trinajstić information content (AvgIpc) is 3.37. The van der Waals surface area contributed by atoms with Crippen molar-refractivity contribution in [2.75, 3.05) is 4.90 Å². The van der Waals surface area contributed by atoms with E-state index in [1.165, 1.54) is 65.3 Å². The van der Waals surface area contributed by atoms with Crippen LogP contribution < -0.4 is 25.6 Å². The van der Waals surface area contributed by atoms with Crippen molar-refractivity contribution in [3.63, 3.8) is 0 Å². The maximum Gasteiger partial charge on any atom is 0.179 e. The third-order valence-corrected chi connectivity index (χ3v) is 16.8. The minimum absolute atomic E-state index is 1.10. The molecule has 0 spiro atoms. The Hall–Kier alpha value is -7.78. The average molecular weight is 808 g/mol. The quantitative estimate of drug-likeness (QED) is 0.0929. The number of anilines is 3. The Labute approximate surface area is 366 Å². The van der Waals surface area contributed by atoms with Crippen LogP contribution in [0, 0.1) is 0 Å². The van der Waals surface area contributed by atoms with E-state index in [0.29, 0.717) is 0 Å². The fraction of sp³-hybridized carbons (Fsp3) is 0. The summed E-state index contributed by atoms with van der Waals surface area (Å²) in [5, 5.41) is 5.47. The van der Waals surface area contributed by atoms with Crippen molar-refractivity contribution in [1.29, 1.82) is 0 Å². The van der Waals surface area contributed by atoms with Crippen LogP contribution >= 0.6 is 0 Å². The lowest BCUT2D eigenvalue weighted by molar-refractivity contribution is 1.28. The Balaban J connectivity index is 1.02. The number of benzene rings is 10. The van der Waals surface area contributed by atoms with Crippen LogP contribution in [-0.2, 0) is 0 Å². The molecule has 10 aromatic rings. The molecule has 0 unspecified atom stereocenters. The van der Waals surface area contributed by atoms with E-state index in [0.717, 1.165) is 17.1 Å². The number of hydrogen-bond donors (Lipinski definition) is 0. The van der Waals surface area contributed by atoms with Gasteiger partial charge in [-0.15, -0.1) is 0 Å². The Morgan fingerprint density at radius 1 is 0.194 bits per heavy atom. The van der Waals surface area contributed by atoms with Gasteiger partial charge >= 0.3 is 0 Å². The van der Waals surface area contributed by atoms with Crippen LogP contribution in [0.15, 0.2) is 273 Å². The standard InChI is InChI=1S/C60H45NSi/c1-6-17-46(18-7-1)48-29-31-49(32-30-48)51-35-41-55(42-36-51)61(54-39-33-50(34-40-54)47-19-8-2-9-20-47)56-43-37-52(38-44-56)53-21-16-28-60(45-53)62(57-22-10-3-11-23-57,58-24-12-4-13-25-58)59-26-14-5-15-27-59/h1-45H. The van der Waals surface area contributed by atoms with Crippen molar-refractivity contribution in [2.45, 2.75) is 0 Å². The van der Waals surface area contributed by atoms with Gasteiger partial charge in [0.25, 0.3) is 0 Å². The Kier molecular flexibility index (Phi) is 10.8. The van der Waals surface area contributed by atoms with E-state index in [2.05, 4.69) is 278 Å². The smallest absolute Gasteiger partial charge is 0.179 e. The monoisotopic (exact) mass is 807 g/mol. The predicted octanol–water partition coefficient (Wildman–Crippen LogP) is 13.2. The Morgan fingerprint density at radius 2 is 0.435 bits per heavy atom. The number of rotatable bonds is 11. The highest BCUT2D eigenvalue weighted by molar-refractivity contribution is 7.19. The largest absolute Gasteiger partial charge is 0.311 e. The van der Waals surface area contributed by atoms with Crippen molar-refractivity contribution in [3.05, 3.63) is 273 Å². The predicted molar refractivity (Wildman–Crippen MR) is 266 cm³/mol. The summed E-state index contributed by atoms with van der Waals surface area (Å²) < 4.78 is 0. The lowest BCUT2D eigenvalue weighted by Crippen LogP contribution is -2.74. The third kappa shape index (κ3) is 7.60. The first-order valence-corrected chi connectivity index (χ1v) is 23.3. The van der Waals surface area contributed by atoms with Gasteiger partial charge in [-0.2, -0.15) is 0 Å². The highest BCUT2D eigenvalue weighted by atomic mass is 28.3. The molecule has 0 bridgehead atoms. The van der Waals surface area contributed by atoms with Crippen LogP contribution in [0.3, 0.4) is 0 Å².